The highest BCUT2D eigenvalue weighted by atomic mass is 19.1. The van der Waals surface area contributed by atoms with E-state index < -0.39 is 0 Å². The van der Waals surface area contributed by atoms with Crippen molar-refractivity contribution in [2.45, 2.75) is 71.3 Å². The lowest BCUT2D eigenvalue weighted by Gasteiger charge is -2.26. The Labute approximate surface area is 190 Å². The summed E-state index contributed by atoms with van der Waals surface area (Å²) in [7, 11) is 1.60. The largest absolute Gasteiger partial charge is 0.496 e. The van der Waals surface area contributed by atoms with E-state index >= 15 is 0 Å². The van der Waals surface area contributed by atoms with Crippen LogP contribution in [-0.2, 0) is 6.54 Å². The summed E-state index contributed by atoms with van der Waals surface area (Å²) in [6.45, 7) is 4.60. The first kappa shape index (κ1) is 22.8. The van der Waals surface area contributed by atoms with Gasteiger partial charge in [0.2, 0.25) is 0 Å². The van der Waals surface area contributed by atoms with E-state index in [0.717, 1.165) is 56.2 Å². The summed E-state index contributed by atoms with van der Waals surface area (Å²) in [6.07, 6.45) is 11.0. The summed E-state index contributed by atoms with van der Waals surface area (Å²) in [5, 5.41) is 2.02. The highest BCUT2D eigenvalue weighted by molar-refractivity contribution is 5.97. The van der Waals surface area contributed by atoms with Crippen LogP contribution in [0.15, 0.2) is 24.3 Å². The molecule has 1 saturated heterocycles. The standard InChI is InChI=1S/C26H36FN3O2/c1-19-22(26(31)28-29-14-7-4-8-15-29)18-24(23-17-21(27)11-12-25(23)32-2)30(19)16-13-20-9-5-3-6-10-20/h11-12,17-18,20H,3-10,13-16H2,1-2H3,(H,28,31). The number of carbonyl (C=O) groups excluding carboxylic acids is 1. The number of hydrazine groups is 1. The van der Waals surface area contributed by atoms with E-state index in [1.807, 2.05) is 18.0 Å². The molecule has 6 heteroatoms. The van der Waals surface area contributed by atoms with Gasteiger partial charge in [-0.25, -0.2) is 9.40 Å². The first-order valence-corrected chi connectivity index (χ1v) is 12.2. The third-order valence-corrected chi connectivity index (χ3v) is 7.15. The minimum atomic E-state index is -0.308. The van der Waals surface area contributed by atoms with E-state index in [-0.39, 0.29) is 11.7 Å². The maximum Gasteiger partial charge on any atom is 0.267 e. The molecule has 1 aliphatic carbocycles. The first-order chi connectivity index (χ1) is 15.6. The third-order valence-electron chi connectivity index (χ3n) is 7.15. The van der Waals surface area contributed by atoms with Crippen LogP contribution in [0.5, 0.6) is 5.75 Å². The van der Waals surface area contributed by atoms with Crippen LogP contribution in [0.25, 0.3) is 11.3 Å². The molecular formula is C26H36FN3O2. The zero-order valence-corrected chi connectivity index (χ0v) is 19.5. The van der Waals surface area contributed by atoms with Gasteiger partial charge in [-0.15, -0.1) is 0 Å². The van der Waals surface area contributed by atoms with Gasteiger partial charge >= 0.3 is 0 Å². The highest BCUT2D eigenvalue weighted by Crippen LogP contribution is 2.35. The molecule has 1 saturated carbocycles. The van der Waals surface area contributed by atoms with Gasteiger partial charge < -0.3 is 9.30 Å². The number of nitrogens with zero attached hydrogens (tertiary/aromatic N) is 2. The topological polar surface area (TPSA) is 46.5 Å². The number of ether oxygens (including phenoxy) is 1. The second kappa shape index (κ2) is 10.5. The molecule has 1 N–H and O–H groups in total. The fourth-order valence-electron chi connectivity index (χ4n) is 5.26. The lowest BCUT2D eigenvalue weighted by Crippen LogP contribution is -2.45. The molecule has 2 aromatic rings. The van der Waals surface area contributed by atoms with Crippen LogP contribution in [-0.4, -0.2) is 35.7 Å². The molecule has 1 aromatic carbocycles. The van der Waals surface area contributed by atoms with Gasteiger partial charge in [0.1, 0.15) is 11.6 Å². The van der Waals surface area contributed by atoms with Gasteiger partial charge in [0.05, 0.1) is 18.4 Å². The molecule has 0 atom stereocenters. The molecule has 2 aliphatic rings. The molecule has 2 fully saturated rings. The van der Waals surface area contributed by atoms with Crippen molar-refractivity contribution in [1.82, 2.24) is 15.0 Å². The Hall–Kier alpha value is -2.34. The Morgan fingerprint density at radius 3 is 2.53 bits per heavy atom. The van der Waals surface area contributed by atoms with Crippen LogP contribution in [0.1, 0.15) is 73.8 Å². The number of aromatic nitrogens is 1. The molecule has 1 amide bonds. The Balaban J connectivity index is 1.65. The Morgan fingerprint density at radius 2 is 1.81 bits per heavy atom. The Bertz CT molecular complexity index is 927. The monoisotopic (exact) mass is 441 g/mol. The number of methoxy groups -OCH3 is 1. The fourth-order valence-corrected chi connectivity index (χ4v) is 5.26. The van der Waals surface area contributed by atoms with Gasteiger partial charge in [0.25, 0.3) is 5.91 Å². The summed E-state index contributed by atoms with van der Waals surface area (Å²) in [5.74, 6) is 0.944. The van der Waals surface area contributed by atoms with Gasteiger partial charge in [0, 0.05) is 30.9 Å². The summed E-state index contributed by atoms with van der Waals surface area (Å²) in [4.78, 5) is 13.2. The smallest absolute Gasteiger partial charge is 0.267 e. The SMILES string of the molecule is COc1ccc(F)cc1-c1cc(C(=O)NN2CCCCC2)c(C)n1CCC1CCCCC1. The van der Waals surface area contributed by atoms with E-state index in [4.69, 9.17) is 4.74 Å². The van der Waals surface area contributed by atoms with Crippen molar-refractivity contribution in [2.75, 3.05) is 20.2 Å². The number of piperidine rings is 1. The zero-order chi connectivity index (χ0) is 22.5. The van der Waals surface area contributed by atoms with Crippen molar-refractivity contribution in [3.63, 3.8) is 0 Å². The van der Waals surface area contributed by atoms with Gasteiger partial charge in [0.15, 0.2) is 0 Å². The molecule has 174 valence electrons. The number of hydrogen-bond acceptors (Lipinski definition) is 3. The summed E-state index contributed by atoms with van der Waals surface area (Å²) in [5.41, 5.74) is 6.21. The summed E-state index contributed by atoms with van der Waals surface area (Å²) < 4.78 is 21.9. The van der Waals surface area contributed by atoms with E-state index in [1.54, 1.807) is 13.2 Å². The number of nitrogens with one attached hydrogen (secondary N) is 1. The molecule has 1 aliphatic heterocycles. The van der Waals surface area contributed by atoms with Crippen LogP contribution in [0.3, 0.4) is 0 Å². The molecule has 0 spiro atoms. The zero-order valence-electron chi connectivity index (χ0n) is 19.5. The van der Waals surface area contributed by atoms with E-state index in [9.17, 15) is 9.18 Å². The van der Waals surface area contributed by atoms with Crippen LogP contribution in [0.4, 0.5) is 4.39 Å². The average molecular weight is 442 g/mol. The lowest BCUT2D eigenvalue weighted by atomic mass is 9.87. The van der Waals surface area contributed by atoms with Gasteiger partial charge in [-0.05, 0) is 56.4 Å². The number of benzene rings is 1. The summed E-state index contributed by atoms with van der Waals surface area (Å²) >= 11 is 0. The Morgan fingerprint density at radius 1 is 1.09 bits per heavy atom. The molecule has 32 heavy (non-hydrogen) atoms. The number of hydrogen-bond donors (Lipinski definition) is 1. The molecule has 0 bridgehead atoms. The van der Waals surface area contributed by atoms with E-state index in [2.05, 4.69) is 9.99 Å². The molecule has 4 rings (SSSR count). The van der Waals surface area contributed by atoms with Crippen LogP contribution < -0.4 is 10.2 Å². The number of rotatable bonds is 7. The number of halogens is 1. The van der Waals surface area contributed by atoms with Crippen molar-refractivity contribution in [3.05, 3.63) is 41.3 Å². The van der Waals surface area contributed by atoms with Gasteiger partial charge in [-0.1, -0.05) is 38.5 Å². The first-order valence-electron chi connectivity index (χ1n) is 12.2. The molecule has 0 radical (unpaired) electrons. The maximum absolute atomic E-state index is 14.2. The average Bonchev–Trinajstić information content (AvgIpc) is 3.15. The van der Waals surface area contributed by atoms with Crippen molar-refractivity contribution < 1.29 is 13.9 Å². The van der Waals surface area contributed by atoms with Gasteiger partial charge in [-0.3, -0.25) is 10.2 Å². The van der Waals surface area contributed by atoms with E-state index in [1.165, 1.54) is 50.7 Å². The molecule has 5 nitrogen and oxygen atoms in total. The Kier molecular flexibility index (Phi) is 7.51. The molecule has 1 aromatic heterocycles. The minimum Gasteiger partial charge on any atom is -0.496 e. The predicted molar refractivity (Wildman–Crippen MR) is 125 cm³/mol. The molecular weight excluding hydrogens is 405 g/mol. The quantitative estimate of drug-likeness (QED) is 0.598. The number of amides is 1. The van der Waals surface area contributed by atoms with Crippen LogP contribution in [0.2, 0.25) is 0 Å². The van der Waals surface area contributed by atoms with Crippen molar-refractivity contribution in [1.29, 1.82) is 0 Å². The fraction of sp³-hybridized carbons (Fsp3) is 0.577. The minimum absolute atomic E-state index is 0.0857. The van der Waals surface area contributed by atoms with Gasteiger partial charge in [-0.2, -0.15) is 0 Å². The molecule has 2 heterocycles. The third kappa shape index (κ3) is 5.17. The van der Waals surface area contributed by atoms with Crippen molar-refractivity contribution in [3.8, 4) is 17.0 Å². The normalized spacial score (nSPS) is 18.0. The number of carbonyl (C=O) groups is 1. The second-order valence-electron chi connectivity index (χ2n) is 9.31. The molecule has 0 unspecified atom stereocenters. The second-order valence-corrected chi connectivity index (χ2v) is 9.31. The van der Waals surface area contributed by atoms with Crippen LogP contribution >= 0.6 is 0 Å². The highest BCUT2D eigenvalue weighted by Gasteiger charge is 2.23. The van der Waals surface area contributed by atoms with Crippen molar-refractivity contribution in [2.24, 2.45) is 5.92 Å². The van der Waals surface area contributed by atoms with Crippen molar-refractivity contribution >= 4 is 5.91 Å². The van der Waals surface area contributed by atoms with Crippen LogP contribution in [0, 0.1) is 18.7 Å². The van der Waals surface area contributed by atoms with E-state index in [0.29, 0.717) is 16.9 Å². The summed E-state index contributed by atoms with van der Waals surface area (Å²) in [6, 6.07) is 6.49. The maximum atomic E-state index is 14.2. The predicted octanol–water partition coefficient (Wildman–Crippen LogP) is 5.71. The lowest BCUT2D eigenvalue weighted by molar-refractivity contribution is 0.0749.